The van der Waals surface area contributed by atoms with Crippen LogP contribution in [0.1, 0.15) is 26.3 Å². The summed E-state index contributed by atoms with van der Waals surface area (Å²) in [6, 6.07) is 5.15. The zero-order valence-electron chi connectivity index (χ0n) is 12.7. The third-order valence-corrected chi connectivity index (χ3v) is 3.20. The lowest BCUT2D eigenvalue weighted by Gasteiger charge is -2.41. The Morgan fingerprint density at radius 2 is 2.14 bits per heavy atom. The molecule has 1 aliphatic heterocycles. The van der Waals surface area contributed by atoms with E-state index in [0.717, 1.165) is 0 Å². The van der Waals surface area contributed by atoms with E-state index in [-0.39, 0.29) is 12.0 Å². The molecule has 116 valence electrons. The number of aromatic nitrogens is 1. The van der Waals surface area contributed by atoms with Gasteiger partial charge < -0.3 is 14.4 Å². The Morgan fingerprint density at radius 1 is 1.45 bits per heavy atom. The van der Waals surface area contributed by atoms with Crippen LogP contribution < -0.4 is 4.74 Å². The molecule has 1 saturated heterocycles. The molecule has 1 aromatic rings. The molecule has 7 nitrogen and oxygen atoms in total. The molecule has 0 radical (unpaired) electrons. The summed E-state index contributed by atoms with van der Waals surface area (Å²) in [7, 11) is 0. The van der Waals surface area contributed by atoms with Crippen molar-refractivity contribution in [1.29, 1.82) is 5.26 Å². The number of hydrogen-bond acceptors (Lipinski definition) is 6. The molecule has 1 amide bonds. The fraction of sp³-hybridized carbons (Fsp3) is 0.467. The van der Waals surface area contributed by atoms with Gasteiger partial charge in [-0.3, -0.25) is 9.59 Å². The maximum absolute atomic E-state index is 12.2. The lowest BCUT2D eigenvalue weighted by molar-refractivity contribution is -0.173. The molecule has 0 N–H and O–H groups in total. The highest BCUT2D eigenvalue weighted by Crippen LogP contribution is 2.22. The Morgan fingerprint density at radius 3 is 2.73 bits per heavy atom. The van der Waals surface area contributed by atoms with Crippen LogP contribution in [0.25, 0.3) is 0 Å². The summed E-state index contributed by atoms with van der Waals surface area (Å²) >= 11 is 0. The number of hydrogen-bond donors (Lipinski definition) is 0. The van der Waals surface area contributed by atoms with E-state index in [4.69, 9.17) is 14.7 Å². The van der Waals surface area contributed by atoms with Crippen molar-refractivity contribution in [2.75, 3.05) is 13.1 Å². The number of rotatable bonds is 4. The predicted octanol–water partition coefficient (Wildman–Crippen LogP) is 0.885. The third kappa shape index (κ3) is 3.52. The molecule has 2 rings (SSSR count). The van der Waals surface area contributed by atoms with Crippen LogP contribution in [0.4, 0.5) is 0 Å². The Balaban J connectivity index is 1.88. The molecule has 0 aromatic carbocycles. The van der Waals surface area contributed by atoms with Gasteiger partial charge in [0.25, 0.3) is 5.91 Å². The number of carbonyl (C=O) groups excluding carboxylic acids is 2. The number of esters is 1. The molecule has 1 aromatic heterocycles. The molecule has 2 heterocycles. The second-order valence-corrected chi connectivity index (χ2v) is 5.55. The van der Waals surface area contributed by atoms with Crippen molar-refractivity contribution in [3.05, 3.63) is 23.9 Å². The Labute approximate surface area is 128 Å². The van der Waals surface area contributed by atoms with E-state index >= 15 is 0 Å². The summed E-state index contributed by atoms with van der Waals surface area (Å²) < 4.78 is 10.6. The van der Waals surface area contributed by atoms with Gasteiger partial charge in [-0.2, -0.15) is 5.26 Å². The van der Waals surface area contributed by atoms with Crippen molar-refractivity contribution >= 4 is 11.9 Å². The average molecular weight is 303 g/mol. The average Bonchev–Trinajstić information content (AvgIpc) is 2.40. The molecule has 0 aliphatic carbocycles. The molecular weight excluding hydrogens is 286 g/mol. The van der Waals surface area contributed by atoms with Gasteiger partial charge in [-0.25, -0.2) is 4.98 Å². The Hall–Kier alpha value is -2.62. The van der Waals surface area contributed by atoms with Crippen LogP contribution in [0, 0.1) is 11.3 Å². The van der Waals surface area contributed by atoms with Crippen LogP contribution in [-0.2, 0) is 14.3 Å². The summed E-state index contributed by atoms with van der Waals surface area (Å²) in [6.07, 6.45) is 1.32. The van der Waals surface area contributed by atoms with Gasteiger partial charge in [-0.15, -0.1) is 0 Å². The topological polar surface area (TPSA) is 92.5 Å². The van der Waals surface area contributed by atoms with E-state index in [2.05, 4.69) is 4.98 Å². The van der Waals surface area contributed by atoms with E-state index in [1.54, 1.807) is 30.9 Å². The van der Waals surface area contributed by atoms with Crippen LogP contribution in [0.3, 0.4) is 0 Å². The molecule has 0 spiro atoms. The molecule has 0 saturated carbocycles. The highest BCUT2D eigenvalue weighted by Gasteiger charge is 2.41. The first kappa shape index (κ1) is 15.8. The van der Waals surface area contributed by atoms with E-state index in [1.165, 1.54) is 13.1 Å². The summed E-state index contributed by atoms with van der Waals surface area (Å²) in [6.45, 7) is 5.17. The smallest absolute Gasteiger partial charge is 0.303 e. The monoisotopic (exact) mass is 303 g/mol. The number of nitriles is 1. The van der Waals surface area contributed by atoms with Crippen LogP contribution in [0.15, 0.2) is 18.3 Å². The minimum absolute atomic E-state index is 0.182. The second-order valence-electron chi connectivity index (χ2n) is 5.55. The van der Waals surface area contributed by atoms with Crippen molar-refractivity contribution in [1.82, 2.24) is 9.88 Å². The third-order valence-electron chi connectivity index (χ3n) is 3.20. The number of amides is 1. The maximum Gasteiger partial charge on any atom is 0.303 e. The number of pyridine rings is 1. The van der Waals surface area contributed by atoms with Crippen LogP contribution in [0.5, 0.6) is 5.88 Å². The number of likely N-dealkylation sites (tertiary alicyclic amines) is 1. The fourth-order valence-corrected chi connectivity index (χ4v) is 2.18. The van der Waals surface area contributed by atoms with Gasteiger partial charge in [0.05, 0.1) is 24.7 Å². The number of ether oxygens (including phenoxy) is 2. The highest BCUT2D eigenvalue weighted by atomic mass is 16.6. The quantitative estimate of drug-likeness (QED) is 0.767. The van der Waals surface area contributed by atoms with Gasteiger partial charge in [0.2, 0.25) is 5.88 Å². The van der Waals surface area contributed by atoms with Crippen LogP contribution in [0.2, 0.25) is 0 Å². The zero-order chi connectivity index (χ0) is 16.3. The minimum atomic E-state index is -1.18. The fourth-order valence-electron chi connectivity index (χ4n) is 2.18. The maximum atomic E-state index is 12.2. The van der Waals surface area contributed by atoms with Gasteiger partial charge in [-0.1, -0.05) is 0 Å². The molecule has 1 aliphatic rings. The molecule has 1 fully saturated rings. The van der Waals surface area contributed by atoms with Gasteiger partial charge >= 0.3 is 5.97 Å². The Bertz CT molecular complexity index is 630. The van der Waals surface area contributed by atoms with Crippen molar-refractivity contribution in [3.63, 3.8) is 0 Å². The van der Waals surface area contributed by atoms with E-state index < -0.39 is 11.6 Å². The van der Waals surface area contributed by atoms with Gasteiger partial charge in [-0.05, 0) is 19.9 Å². The number of carbonyl (C=O) groups is 2. The summed E-state index contributed by atoms with van der Waals surface area (Å²) in [5, 5.41) is 8.82. The molecule has 0 bridgehead atoms. The molecule has 7 heteroatoms. The molecule has 22 heavy (non-hydrogen) atoms. The van der Waals surface area contributed by atoms with E-state index in [1.807, 2.05) is 6.07 Å². The normalized spacial score (nSPS) is 14.7. The molecular formula is C15H17N3O4. The minimum Gasteiger partial charge on any atom is -0.471 e. The Kier molecular flexibility index (Phi) is 4.31. The lowest BCUT2D eigenvalue weighted by Crippen LogP contribution is -2.61. The summed E-state index contributed by atoms with van der Waals surface area (Å²) in [5.41, 5.74) is -0.719. The first-order chi connectivity index (χ1) is 10.3. The molecule has 0 unspecified atom stereocenters. The second kappa shape index (κ2) is 6.02. The zero-order valence-corrected chi connectivity index (χ0v) is 12.7. The van der Waals surface area contributed by atoms with Crippen molar-refractivity contribution in [2.45, 2.75) is 32.5 Å². The van der Waals surface area contributed by atoms with Crippen LogP contribution >= 0.6 is 0 Å². The van der Waals surface area contributed by atoms with Crippen LogP contribution in [-0.4, -0.2) is 46.6 Å². The SMILES string of the molecule is CC(=O)OC(C)(C)C(=O)N1CC(Oc2cc(C#N)ccn2)C1. The lowest BCUT2D eigenvalue weighted by atomic mass is 10.0. The van der Waals surface area contributed by atoms with Crippen molar-refractivity contribution < 1.29 is 19.1 Å². The largest absolute Gasteiger partial charge is 0.471 e. The van der Waals surface area contributed by atoms with E-state index in [9.17, 15) is 9.59 Å². The van der Waals surface area contributed by atoms with E-state index in [0.29, 0.717) is 24.5 Å². The standard InChI is InChI=1S/C15H17N3O4/c1-10(19)22-15(2,3)14(20)18-8-12(9-18)21-13-6-11(7-16)4-5-17-13/h4-6,12H,8-9H2,1-3H3. The molecule has 0 atom stereocenters. The van der Waals surface area contributed by atoms with Crippen molar-refractivity contribution in [2.24, 2.45) is 0 Å². The summed E-state index contributed by atoms with van der Waals surface area (Å²) in [5.74, 6) is -0.402. The first-order valence-electron chi connectivity index (χ1n) is 6.83. The van der Waals surface area contributed by atoms with Gasteiger partial charge in [0, 0.05) is 19.2 Å². The van der Waals surface area contributed by atoms with Gasteiger partial charge in [0.1, 0.15) is 6.10 Å². The first-order valence-corrected chi connectivity index (χ1v) is 6.83. The number of nitrogens with zero attached hydrogens (tertiary/aromatic N) is 3. The highest BCUT2D eigenvalue weighted by molar-refractivity contribution is 5.87. The van der Waals surface area contributed by atoms with Crippen molar-refractivity contribution in [3.8, 4) is 11.9 Å². The summed E-state index contributed by atoms with van der Waals surface area (Å²) in [4.78, 5) is 28.8. The predicted molar refractivity (Wildman–Crippen MR) is 75.8 cm³/mol. The van der Waals surface area contributed by atoms with Gasteiger partial charge in [0.15, 0.2) is 5.60 Å².